The lowest BCUT2D eigenvalue weighted by atomic mass is 10.2. The van der Waals surface area contributed by atoms with Gasteiger partial charge in [-0.3, -0.25) is 9.48 Å². The minimum absolute atomic E-state index is 0.126. The third-order valence-corrected chi connectivity index (χ3v) is 4.37. The molecule has 0 radical (unpaired) electrons. The minimum Gasteiger partial charge on any atom is -0.383 e. The molecule has 1 N–H and O–H groups in total. The van der Waals surface area contributed by atoms with Crippen LogP contribution in [0.3, 0.4) is 0 Å². The van der Waals surface area contributed by atoms with Crippen LogP contribution < -0.4 is 10.2 Å². The summed E-state index contributed by atoms with van der Waals surface area (Å²) in [6.45, 7) is 6.42. The van der Waals surface area contributed by atoms with Gasteiger partial charge in [0.1, 0.15) is 11.6 Å². The van der Waals surface area contributed by atoms with Crippen molar-refractivity contribution in [2.75, 3.05) is 57.9 Å². The number of ether oxygens (including phenoxy) is 1. The lowest BCUT2D eigenvalue weighted by molar-refractivity contribution is -0.130. The Bertz CT molecular complexity index is 737. The van der Waals surface area contributed by atoms with E-state index in [1.807, 2.05) is 18.9 Å². The maximum atomic E-state index is 12.2. The molecule has 9 heteroatoms. The molecule has 136 valence electrons. The third kappa shape index (κ3) is 3.88. The van der Waals surface area contributed by atoms with Crippen molar-refractivity contribution in [2.45, 2.75) is 6.92 Å². The lowest BCUT2D eigenvalue weighted by Crippen LogP contribution is -2.51. The smallest absolute Gasteiger partial charge is 0.236 e. The Labute approximate surface area is 147 Å². The Morgan fingerprint density at radius 3 is 2.76 bits per heavy atom. The number of methoxy groups -OCH3 is 1. The van der Waals surface area contributed by atoms with Crippen LogP contribution in [-0.2, 0) is 16.6 Å². The van der Waals surface area contributed by atoms with Gasteiger partial charge in [0, 0.05) is 46.9 Å². The first-order valence-electron chi connectivity index (χ1n) is 8.49. The van der Waals surface area contributed by atoms with Crippen molar-refractivity contribution < 1.29 is 9.53 Å². The van der Waals surface area contributed by atoms with Gasteiger partial charge in [-0.1, -0.05) is 0 Å². The van der Waals surface area contributed by atoms with Crippen molar-refractivity contribution in [2.24, 2.45) is 7.05 Å². The monoisotopic (exact) mass is 347 g/mol. The predicted molar refractivity (Wildman–Crippen MR) is 94.6 cm³/mol. The Hall–Kier alpha value is -2.26. The number of fused-ring (bicyclic) bond motifs is 1. The van der Waals surface area contributed by atoms with E-state index in [0.717, 1.165) is 35.8 Å². The molecule has 1 aliphatic rings. The first-order valence-corrected chi connectivity index (χ1v) is 8.49. The molecule has 2 aromatic rings. The Balaban J connectivity index is 1.62. The molecular formula is C16H25N7O2. The average molecular weight is 347 g/mol. The van der Waals surface area contributed by atoms with E-state index in [-0.39, 0.29) is 5.91 Å². The van der Waals surface area contributed by atoms with Crippen molar-refractivity contribution >= 4 is 22.8 Å². The Morgan fingerprint density at radius 2 is 2.04 bits per heavy atom. The molecule has 0 aromatic carbocycles. The molecular weight excluding hydrogens is 322 g/mol. The third-order valence-electron chi connectivity index (χ3n) is 4.37. The number of nitrogens with zero attached hydrogens (tertiary/aromatic N) is 6. The molecule has 1 aliphatic heterocycles. The number of aromatic nitrogens is 4. The number of piperazine rings is 1. The van der Waals surface area contributed by atoms with Crippen LogP contribution in [0.2, 0.25) is 0 Å². The van der Waals surface area contributed by atoms with Gasteiger partial charge in [0.2, 0.25) is 5.91 Å². The SMILES string of the molecule is COCCNCC(=O)N1CCN(c2nc(C)nc3c2cnn3C)CC1. The number of amides is 1. The van der Waals surface area contributed by atoms with Gasteiger partial charge in [0.15, 0.2) is 5.65 Å². The van der Waals surface area contributed by atoms with Crippen molar-refractivity contribution in [3.63, 3.8) is 0 Å². The summed E-state index contributed by atoms with van der Waals surface area (Å²) in [5.41, 5.74) is 0.836. The summed E-state index contributed by atoms with van der Waals surface area (Å²) >= 11 is 0. The van der Waals surface area contributed by atoms with E-state index in [2.05, 4.69) is 25.3 Å². The van der Waals surface area contributed by atoms with Crippen LogP contribution >= 0.6 is 0 Å². The van der Waals surface area contributed by atoms with E-state index in [0.29, 0.717) is 32.8 Å². The standard InChI is InChI=1S/C16H25N7O2/c1-12-19-15-13(10-18-21(15)2)16(20-12)23-7-5-22(6-8-23)14(24)11-17-4-9-25-3/h10,17H,4-9,11H2,1-3H3. The number of hydrogen-bond acceptors (Lipinski definition) is 7. The summed E-state index contributed by atoms with van der Waals surface area (Å²) < 4.78 is 6.73. The fourth-order valence-electron chi connectivity index (χ4n) is 3.00. The first-order chi connectivity index (χ1) is 12.1. The molecule has 3 heterocycles. The topological polar surface area (TPSA) is 88.4 Å². The highest BCUT2D eigenvalue weighted by molar-refractivity contribution is 5.87. The normalized spacial score (nSPS) is 15.2. The maximum Gasteiger partial charge on any atom is 0.236 e. The van der Waals surface area contributed by atoms with Gasteiger partial charge < -0.3 is 19.9 Å². The van der Waals surface area contributed by atoms with Gasteiger partial charge in [-0.2, -0.15) is 5.10 Å². The molecule has 25 heavy (non-hydrogen) atoms. The largest absolute Gasteiger partial charge is 0.383 e. The summed E-state index contributed by atoms with van der Waals surface area (Å²) in [6.07, 6.45) is 1.81. The number of aryl methyl sites for hydroxylation is 2. The fourth-order valence-corrected chi connectivity index (χ4v) is 3.00. The van der Waals surface area contributed by atoms with E-state index in [1.54, 1.807) is 18.0 Å². The molecule has 0 atom stereocenters. The number of anilines is 1. The van der Waals surface area contributed by atoms with Gasteiger partial charge in [0.05, 0.1) is 24.7 Å². The zero-order valence-corrected chi connectivity index (χ0v) is 15.0. The maximum absolute atomic E-state index is 12.2. The molecule has 0 spiro atoms. The van der Waals surface area contributed by atoms with Crippen LogP contribution in [0.1, 0.15) is 5.82 Å². The number of carbonyl (C=O) groups is 1. The Kier molecular flexibility index (Phi) is 5.44. The van der Waals surface area contributed by atoms with E-state index in [9.17, 15) is 4.79 Å². The molecule has 0 unspecified atom stereocenters. The van der Waals surface area contributed by atoms with Crippen LogP contribution in [0.5, 0.6) is 0 Å². The summed E-state index contributed by atoms with van der Waals surface area (Å²) in [5.74, 6) is 1.76. The van der Waals surface area contributed by atoms with Crippen LogP contribution in [0.4, 0.5) is 5.82 Å². The minimum atomic E-state index is 0.126. The zero-order chi connectivity index (χ0) is 17.8. The highest BCUT2D eigenvalue weighted by Crippen LogP contribution is 2.24. The second-order valence-corrected chi connectivity index (χ2v) is 6.14. The quantitative estimate of drug-likeness (QED) is 0.709. The second kappa shape index (κ2) is 7.75. The predicted octanol–water partition coefficient (Wildman–Crippen LogP) is -0.444. The number of carbonyl (C=O) groups excluding carboxylic acids is 1. The Morgan fingerprint density at radius 1 is 1.28 bits per heavy atom. The zero-order valence-electron chi connectivity index (χ0n) is 15.0. The van der Waals surface area contributed by atoms with Gasteiger partial charge in [-0.05, 0) is 6.92 Å². The summed E-state index contributed by atoms with van der Waals surface area (Å²) in [6, 6.07) is 0. The molecule has 1 saturated heterocycles. The van der Waals surface area contributed by atoms with Crippen LogP contribution in [0.15, 0.2) is 6.20 Å². The number of hydrogen-bond donors (Lipinski definition) is 1. The van der Waals surface area contributed by atoms with E-state index >= 15 is 0 Å². The molecule has 1 amide bonds. The number of rotatable bonds is 6. The molecule has 0 saturated carbocycles. The molecule has 0 bridgehead atoms. The summed E-state index contributed by atoms with van der Waals surface area (Å²) in [7, 11) is 3.53. The molecule has 1 fully saturated rings. The van der Waals surface area contributed by atoms with Crippen molar-refractivity contribution in [3.8, 4) is 0 Å². The average Bonchev–Trinajstić information content (AvgIpc) is 2.99. The first kappa shape index (κ1) is 17.6. The molecule has 9 nitrogen and oxygen atoms in total. The molecule has 2 aromatic heterocycles. The van der Waals surface area contributed by atoms with Crippen LogP contribution in [0.25, 0.3) is 11.0 Å². The van der Waals surface area contributed by atoms with Crippen LogP contribution in [0, 0.1) is 6.92 Å². The summed E-state index contributed by atoms with van der Waals surface area (Å²) in [5, 5.41) is 8.34. The van der Waals surface area contributed by atoms with Crippen LogP contribution in [-0.4, -0.2) is 83.5 Å². The second-order valence-electron chi connectivity index (χ2n) is 6.14. The van der Waals surface area contributed by atoms with Crippen molar-refractivity contribution in [1.29, 1.82) is 0 Å². The van der Waals surface area contributed by atoms with E-state index < -0.39 is 0 Å². The lowest BCUT2D eigenvalue weighted by Gasteiger charge is -2.35. The van der Waals surface area contributed by atoms with Gasteiger partial charge in [-0.15, -0.1) is 0 Å². The highest BCUT2D eigenvalue weighted by atomic mass is 16.5. The highest BCUT2D eigenvalue weighted by Gasteiger charge is 2.24. The van der Waals surface area contributed by atoms with Crippen molar-refractivity contribution in [3.05, 3.63) is 12.0 Å². The fraction of sp³-hybridized carbons (Fsp3) is 0.625. The van der Waals surface area contributed by atoms with Crippen molar-refractivity contribution in [1.82, 2.24) is 30.0 Å². The summed E-state index contributed by atoms with van der Waals surface area (Å²) in [4.78, 5) is 25.4. The van der Waals surface area contributed by atoms with Gasteiger partial charge >= 0.3 is 0 Å². The van der Waals surface area contributed by atoms with E-state index in [1.165, 1.54) is 0 Å². The molecule has 3 rings (SSSR count). The number of nitrogens with one attached hydrogen (secondary N) is 1. The van der Waals surface area contributed by atoms with Gasteiger partial charge in [0.25, 0.3) is 0 Å². The van der Waals surface area contributed by atoms with Gasteiger partial charge in [-0.25, -0.2) is 9.97 Å². The van der Waals surface area contributed by atoms with E-state index in [4.69, 9.17) is 4.74 Å². The molecule has 0 aliphatic carbocycles.